The van der Waals surface area contributed by atoms with E-state index in [-0.39, 0.29) is 11.9 Å². The average molecular weight is 276 g/mol. The number of hydrogen-bond donors (Lipinski definition) is 1. The topological polar surface area (TPSA) is 72.6 Å². The fourth-order valence-electron chi connectivity index (χ4n) is 2.56. The van der Waals surface area contributed by atoms with Gasteiger partial charge in [-0.2, -0.15) is 0 Å². The van der Waals surface area contributed by atoms with Crippen LogP contribution in [0.1, 0.15) is 30.9 Å². The van der Waals surface area contributed by atoms with Gasteiger partial charge in [0, 0.05) is 6.54 Å². The SMILES string of the molecule is COC(=O)C1CCCCN1C(=O)C(N)c1ccccc1. The number of hydrogen-bond acceptors (Lipinski definition) is 4. The van der Waals surface area contributed by atoms with Gasteiger partial charge in [-0.3, -0.25) is 4.79 Å². The number of nitrogens with two attached hydrogens (primary N) is 1. The smallest absolute Gasteiger partial charge is 0.328 e. The van der Waals surface area contributed by atoms with Crippen molar-refractivity contribution >= 4 is 11.9 Å². The molecule has 0 saturated carbocycles. The minimum Gasteiger partial charge on any atom is -0.467 e. The average Bonchev–Trinajstić information content (AvgIpc) is 2.53. The molecule has 5 nitrogen and oxygen atoms in total. The van der Waals surface area contributed by atoms with E-state index in [2.05, 4.69) is 0 Å². The second-order valence-corrected chi connectivity index (χ2v) is 4.95. The summed E-state index contributed by atoms with van der Waals surface area (Å²) < 4.78 is 4.78. The van der Waals surface area contributed by atoms with E-state index in [1.807, 2.05) is 30.3 Å². The highest BCUT2D eigenvalue weighted by Gasteiger charge is 2.35. The van der Waals surface area contributed by atoms with Crippen LogP contribution >= 0.6 is 0 Å². The van der Waals surface area contributed by atoms with Gasteiger partial charge in [-0.05, 0) is 24.8 Å². The second-order valence-electron chi connectivity index (χ2n) is 4.95. The molecule has 2 atom stereocenters. The predicted octanol–water partition coefficient (Wildman–Crippen LogP) is 1.24. The number of methoxy groups -OCH3 is 1. The van der Waals surface area contributed by atoms with Crippen molar-refractivity contribution in [2.24, 2.45) is 5.73 Å². The van der Waals surface area contributed by atoms with E-state index in [1.54, 1.807) is 4.90 Å². The quantitative estimate of drug-likeness (QED) is 0.843. The summed E-state index contributed by atoms with van der Waals surface area (Å²) in [5.74, 6) is -0.579. The van der Waals surface area contributed by atoms with Crippen LogP contribution < -0.4 is 5.73 Å². The summed E-state index contributed by atoms with van der Waals surface area (Å²) in [5.41, 5.74) is 6.79. The van der Waals surface area contributed by atoms with E-state index in [4.69, 9.17) is 10.5 Å². The Kier molecular flexibility index (Phi) is 4.74. The van der Waals surface area contributed by atoms with E-state index in [9.17, 15) is 9.59 Å². The monoisotopic (exact) mass is 276 g/mol. The first-order chi connectivity index (χ1) is 9.65. The molecule has 0 aliphatic carbocycles. The molecular weight excluding hydrogens is 256 g/mol. The lowest BCUT2D eigenvalue weighted by molar-refractivity contribution is -0.155. The van der Waals surface area contributed by atoms with Crippen LogP contribution in [0.25, 0.3) is 0 Å². The van der Waals surface area contributed by atoms with E-state index in [0.717, 1.165) is 18.4 Å². The van der Waals surface area contributed by atoms with Crippen molar-refractivity contribution in [2.45, 2.75) is 31.3 Å². The summed E-state index contributed by atoms with van der Waals surface area (Å²) >= 11 is 0. The summed E-state index contributed by atoms with van der Waals surface area (Å²) in [6.07, 6.45) is 2.45. The van der Waals surface area contributed by atoms with Gasteiger partial charge in [0.2, 0.25) is 5.91 Å². The molecule has 2 unspecified atom stereocenters. The molecule has 1 heterocycles. The zero-order chi connectivity index (χ0) is 14.5. The van der Waals surface area contributed by atoms with Gasteiger partial charge in [0.15, 0.2) is 0 Å². The Hall–Kier alpha value is -1.88. The third kappa shape index (κ3) is 2.99. The van der Waals surface area contributed by atoms with Crippen LogP contribution in [0, 0.1) is 0 Å². The summed E-state index contributed by atoms with van der Waals surface area (Å²) in [5, 5.41) is 0. The fraction of sp³-hybridized carbons (Fsp3) is 0.467. The molecule has 0 radical (unpaired) electrons. The molecular formula is C15H20N2O3. The van der Waals surface area contributed by atoms with Gasteiger partial charge in [-0.1, -0.05) is 30.3 Å². The Morgan fingerprint density at radius 1 is 1.30 bits per heavy atom. The van der Waals surface area contributed by atoms with Gasteiger partial charge >= 0.3 is 5.97 Å². The van der Waals surface area contributed by atoms with E-state index >= 15 is 0 Å². The normalized spacial score (nSPS) is 20.3. The summed E-state index contributed by atoms with van der Waals surface area (Å²) in [4.78, 5) is 25.9. The number of piperidine rings is 1. The number of carbonyl (C=O) groups excluding carboxylic acids is 2. The van der Waals surface area contributed by atoms with E-state index < -0.39 is 12.1 Å². The van der Waals surface area contributed by atoms with Crippen molar-refractivity contribution in [1.82, 2.24) is 4.90 Å². The van der Waals surface area contributed by atoms with Crippen molar-refractivity contribution in [3.8, 4) is 0 Å². The molecule has 20 heavy (non-hydrogen) atoms. The maximum absolute atomic E-state index is 12.5. The second kappa shape index (κ2) is 6.52. The standard InChI is InChI=1S/C15H20N2O3/c1-20-15(19)12-9-5-6-10-17(12)14(18)13(16)11-7-3-2-4-8-11/h2-4,7-8,12-13H,5-6,9-10,16H2,1H3. The van der Waals surface area contributed by atoms with Crippen molar-refractivity contribution < 1.29 is 14.3 Å². The first-order valence-corrected chi connectivity index (χ1v) is 6.84. The number of esters is 1. The molecule has 1 aliphatic heterocycles. The molecule has 0 spiro atoms. The Morgan fingerprint density at radius 3 is 2.65 bits per heavy atom. The van der Waals surface area contributed by atoms with Crippen LogP contribution in [0.15, 0.2) is 30.3 Å². The van der Waals surface area contributed by atoms with Crippen LogP contribution in [0.2, 0.25) is 0 Å². The van der Waals surface area contributed by atoms with Crippen molar-refractivity contribution in [3.05, 3.63) is 35.9 Å². The summed E-state index contributed by atoms with van der Waals surface area (Å²) in [6, 6.07) is 7.96. The molecule has 5 heteroatoms. The lowest BCUT2D eigenvalue weighted by Crippen LogP contribution is -2.51. The number of rotatable bonds is 3. The summed E-state index contributed by atoms with van der Waals surface area (Å²) in [6.45, 7) is 0.555. The van der Waals surface area contributed by atoms with Crippen LogP contribution in [0.3, 0.4) is 0 Å². The molecule has 0 bridgehead atoms. The predicted molar refractivity (Wildman–Crippen MR) is 74.7 cm³/mol. The minimum absolute atomic E-state index is 0.216. The van der Waals surface area contributed by atoms with Crippen LogP contribution in [0.5, 0.6) is 0 Å². The first-order valence-electron chi connectivity index (χ1n) is 6.84. The van der Waals surface area contributed by atoms with E-state index in [0.29, 0.717) is 13.0 Å². The molecule has 1 aromatic carbocycles. The molecule has 1 fully saturated rings. The largest absolute Gasteiger partial charge is 0.467 e. The molecule has 2 N–H and O–H groups in total. The fourth-order valence-corrected chi connectivity index (χ4v) is 2.56. The third-order valence-corrected chi connectivity index (χ3v) is 3.68. The van der Waals surface area contributed by atoms with Gasteiger partial charge < -0.3 is 15.4 Å². The number of ether oxygens (including phenoxy) is 1. The molecule has 1 saturated heterocycles. The number of nitrogens with zero attached hydrogens (tertiary/aromatic N) is 1. The Balaban J connectivity index is 2.15. The first kappa shape index (κ1) is 14.5. The highest BCUT2D eigenvalue weighted by molar-refractivity contribution is 5.88. The van der Waals surface area contributed by atoms with Crippen LogP contribution in [0.4, 0.5) is 0 Å². The van der Waals surface area contributed by atoms with Crippen LogP contribution in [-0.2, 0) is 14.3 Å². The number of benzene rings is 1. The Bertz CT molecular complexity index is 475. The molecule has 108 valence electrons. The van der Waals surface area contributed by atoms with Crippen LogP contribution in [-0.4, -0.2) is 36.5 Å². The van der Waals surface area contributed by atoms with Crippen molar-refractivity contribution in [2.75, 3.05) is 13.7 Å². The van der Waals surface area contributed by atoms with Gasteiger partial charge in [0.1, 0.15) is 12.1 Å². The zero-order valence-corrected chi connectivity index (χ0v) is 11.6. The third-order valence-electron chi connectivity index (χ3n) is 3.68. The van der Waals surface area contributed by atoms with Gasteiger partial charge in [0.05, 0.1) is 7.11 Å². The lowest BCUT2D eigenvalue weighted by Gasteiger charge is -2.35. The Labute approximate surface area is 118 Å². The highest BCUT2D eigenvalue weighted by atomic mass is 16.5. The van der Waals surface area contributed by atoms with Gasteiger partial charge in [-0.15, -0.1) is 0 Å². The van der Waals surface area contributed by atoms with Crippen molar-refractivity contribution in [1.29, 1.82) is 0 Å². The molecule has 1 amide bonds. The molecule has 2 rings (SSSR count). The number of amides is 1. The zero-order valence-electron chi connectivity index (χ0n) is 11.6. The highest BCUT2D eigenvalue weighted by Crippen LogP contribution is 2.22. The lowest BCUT2D eigenvalue weighted by atomic mass is 9.99. The van der Waals surface area contributed by atoms with Gasteiger partial charge in [0.25, 0.3) is 0 Å². The van der Waals surface area contributed by atoms with Gasteiger partial charge in [-0.25, -0.2) is 4.79 Å². The molecule has 1 aromatic rings. The summed E-state index contributed by atoms with van der Waals surface area (Å²) in [7, 11) is 1.34. The van der Waals surface area contributed by atoms with E-state index in [1.165, 1.54) is 7.11 Å². The molecule has 0 aromatic heterocycles. The minimum atomic E-state index is -0.735. The Morgan fingerprint density at radius 2 is 2.00 bits per heavy atom. The van der Waals surface area contributed by atoms with Crippen molar-refractivity contribution in [3.63, 3.8) is 0 Å². The maximum Gasteiger partial charge on any atom is 0.328 e. The molecule has 1 aliphatic rings. The number of carbonyl (C=O) groups is 2. The maximum atomic E-state index is 12.5. The number of likely N-dealkylation sites (tertiary alicyclic amines) is 1.